The third-order valence-electron chi connectivity index (χ3n) is 3.76. The Morgan fingerprint density at radius 2 is 2.12 bits per heavy atom. The van der Waals surface area contributed by atoms with Gasteiger partial charge in [-0.3, -0.25) is 4.79 Å². The minimum atomic E-state index is -0.398. The molecule has 1 fully saturated rings. The quantitative estimate of drug-likeness (QED) is 0.579. The predicted molar refractivity (Wildman–Crippen MR) is 94.4 cm³/mol. The SMILES string of the molecule is CCOc1ccc(/C=C(\C#N)C(=O)NC[C@H]2CCCO2)cc1OCC. The molecule has 1 heterocycles. The monoisotopic (exact) mass is 344 g/mol. The standard InChI is InChI=1S/C19H24N2O4/c1-3-23-17-8-7-14(11-18(17)24-4-2)10-15(12-20)19(22)21-13-16-6-5-9-25-16/h7-8,10-11,16H,3-6,9,13H2,1-2H3,(H,21,22)/b15-10+/t16-/m1/s1. The second kappa shape index (κ2) is 9.70. The number of nitrogens with zero attached hydrogens (tertiary/aromatic N) is 1. The predicted octanol–water partition coefficient (Wildman–Crippen LogP) is 2.69. The molecule has 134 valence electrons. The van der Waals surface area contributed by atoms with E-state index in [-0.39, 0.29) is 11.7 Å². The minimum absolute atomic E-state index is 0.0407. The fourth-order valence-corrected chi connectivity index (χ4v) is 2.58. The van der Waals surface area contributed by atoms with Gasteiger partial charge in [0.2, 0.25) is 0 Å². The van der Waals surface area contributed by atoms with Crippen LogP contribution >= 0.6 is 0 Å². The normalized spacial score (nSPS) is 17.0. The number of hydrogen-bond acceptors (Lipinski definition) is 5. The molecule has 1 saturated heterocycles. The molecule has 6 nitrogen and oxygen atoms in total. The summed E-state index contributed by atoms with van der Waals surface area (Å²) < 4.78 is 16.5. The number of carbonyl (C=O) groups excluding carboxylic acids is 1. The van der Waals surface area contributed by atoms with Gasteiger partial charge in [-0.25, -0.2) is 0 Å². The molecular weight excluding hydrogens is 320 g/mol. The Morgan fingerprint density at radius 3 is 2.76 bits per heavy atom. The van der Waals surface area contributed by atoms with Crippen LogP contribution in [0.2, 0.25) is 0 Å². The number of benzene rings is 1. The van der Waals surface area contributed by atoms with Gasteiger partial charge in [-0.1, -0.05) is 6.07 Å². The fraction of sp³-hybridized carbons (Fsp3) is 0.474. The summed E-state index contributed by atoms with van der Waals surface area (Å²) in [7, 11) is 0. The van der Waals surface area contributed by atoms with Gasteiger partial charge in [-0.2, -0.15) is 5.26 Å². The summed E-state index contributed by atoms with van der Waals surface area (Å²) in [6.07, 6.45) is 3.53. The van der Waals surface area contributed by atoms with Gasteiger partial charge in [-0.15, -0.1) is 0 Å². The van der Waals surface area contributed by atoms with Crippen molar-refractivity contribution in [3.8, 4) is 17.6 Å². The highest BCUT2D eigenvalue weighted by molar-refractivity contribution is 6.01. The number of amides is 1. The zero-order chi connectivity index (χ0) is 18.1. The van der Waals surface area contributed by atoms with E-state index in [2.05, 4.69) is 5.32 Å². The first-order chi connectivity index (χ1) is 12.2. The number of rotatable bonds is 8. The maximum atomic E-state index is 12.2. The van der Waals surface area contributed by atoms with E-state index in [1.54, 1.807) is 24.3 Å². The molecule has 25 heavy (non-hydrogen) atoms. The number of nitriles is 1. The maximum Gasteiger partial charge on any atom is 0.262 e. The molecule has 0 saturated carbocycles. The Hall–Kier alpha value is -2.52. The molecular formula is C19H24N2O4. The van der Waals surface area contributed by atoms with Crippen molar-refractivity contribution in [2.75, 3.05) is 26.4 Å². The Labute approximate surface area is 148 Å². The van der Waals surface area contributed by atoms with Gasteiger partial charge < -0.3 is 19.5 Å². The highest BCUT2D eigenvalue weighted by Crippen LogP contribution is 2.29. The van der Waals surface area contributed by atoms with Gasteiger partial charge in [0.25, 0.3) is 5.91 Å². The van der Waals surface area contributed by atoms with Crippen LogP contribution in [-0.4, -0.2) is 38.4 Å². The molecule has 1 amide bonds. The van der Waals surface area contributed by atoms with E-state index in [1.807, 2.05) is 19.9 Å². The van der Waals surface area contributed by atoms with Gasteiger partial charge in [0.05, 0.1) is 19.3 Å². The molecule has 0 spiro atoms. The summed E-state index contributed by atoms with van der Waals surface area (Å²) in [6.45, 7) is 5.97. The van der Waals surface area contributed by atoms with E-state index in [0.29, 0.717) is 36.8 Å². The molecule has 1 aliphatic heterocycles. The zero-order valence-corrected chi connectivity index (χ0v) is 14.7. The third kappa shape index (κ3) is 5.50. The minimum Gasteiger partial charge on any atom is -0.490 e. The Balaban J connectivity index is 2.10. The van der Waals surface area contributed by atoms with Crippen molar-refractivity contribution in [1.82, 2.24) is 5.32 Å². The van der Waals surface area contributed by atoms with E-state index in [1.165, 1.54) is 0 Å². The average Bonchev–Trinajstić information content (AvgIpc) is 3.13. The van der Waals surface area contributed by atoms with Crippen molar-refractivity contribution in [3.05, 3.63) is 29.3 Å². The average molecular weight is 344 g/mol. The molecule has 1 atom stereocenters. The number of hydrogen-bond donors (Lipinski definition) is 1. The van der Waals surface area contributed by atoms with Crippen molar-refractivity contribution < 1.29 is 19.0 Å². The van der Waals surface area contributed by atoms with E-state index < -0.39 is 5.91 Å². The molecule has 1 aromatic carbocycles. The summed E-state index contributed by atoms with van der Waals surface area (Å²) in [6, 6.07) is 7.28. The number of carbonyl (C=O) groups is 1. The lowest BCUT2D eigenvalue weighted by atomic mass is 10.1. The number of ether oxygens (including phenoxy) is 3. The largest absolute Gasteiger partial charge is 0.490 e. The molecule has 0 aromatic heterocycles. The molecule has 6 heteroatoms. The van der Waals surface area contributed by atoms with Gasteiger partial charge in [0.1, 0.15) is 11.6 Å². The first-order valence-corrected chi connectivity index (χ1v) is 8.59. The van der Waals surface area contributed by atoms with Crippen LogP contribution in [0.5, 0.6) is 11.5 Å². The summed E-state index contributed by atoms with van der Waals surface area (Å²) in [4.78, 5) is 12.2. The van der Waals surface area contributed by atoms with Gasteiger partial charge in [-0.05, 0) is 50.5 Å². The Bertz CT molecular complexity index is 658. The van der Waals surface area contributed by atoms with Crippen LogP contribution in [0.15, 0.2) is 23.8 Å². The zero-order valence-electron chi connectivity index (χ0n) is 14.7. The highest BCUT2D eigenvalue weighted by Gasteiger charge is 2.17. The molecule has 1 aliphatic rings. The van der Waals surface area contributed by atoms with Crippen molar-refractivity contribution in [1.29, 1.82) is 5.26 Å². The van der Waals surface area contributed by atoms with E-state index in [4.69, 9.17) is 14.2 Å². The highest BCUT2D eigenvalue weighted by atomic mass is 16.5. The van der Waals surface area contributed by atoms with Crippen LogP contribution < -0.4 is 14.8 Å². The molecule has 0 unspecified atom stereocenters. The van der Waals surface area contributed by atoms with E-state index >= 15 is 0 Å². The lowest BCUT2D eigenvalue weighted by molar-refractivity contribution is -0.117. The van der Waals surface area contributed by atoms with Crippen molar-refractivity contribution in [3.63, 3.8) is 0 Å². The molecule has 1 N–H and O–H groups in total. The lowest BCUT2D eigenvalue weighted by Crippen LogP contribution is -2.32. The van der Waals surface area contributed by atoms with Crippen LogP contribution in [0, 0.1) is 11.3 Å². The molecule has 0 bridgehead atoms. The summed E-state index contributed by atoms with van der Waals surface area (Å²) in [5.74, 6) is 0.836. The van der Waals surface area contributed by atoms with Crippen LogP contribution in [-0.2, 0) is 9.53 Å². The second-order valence-corrected chi connectivity index (χ2v) is 5.59. The van der Waals surface area contributed by atoms with Crippen LogP contribution in [0.1, 0.15) is 32.3 Å². The molecule has 0 aliphatic carbocycles. The van der Waals surface area contributed by atoms with Crippen molar-refractivity contribution in [2.24, 2.45) is 0 Å². The van der Waals surface area contributed by atoms with Crippen LogP contribution in [0.3, 0.4) is 0 Å². The lowest BCUT2D eigenvalue weighted by Gasteiger charge is -2.12. The van der Waals surface area contributed by atoms with E-state index in [0.717, 1.165) is 19.4 Å². The topological polar surface area (TPSA) is 80.6 Å². The smallest absolute Gasteiger partial charge is 0.262 e. The van der Waals surface area contributed by atoms with Gasteiger partial charge in [0.15, 0.2) is 11.5 Å². The summed E-state index contributed by atoms with van der Waals surface area (Å²) >= 11 is 0. The van der Waals surface area contributed by atoms with Gasteiger partial charge in [0, 0.05) is 13.2 Å². The third-order valence-corrected chi connectivity index (χ3v) is 3.76. The molecule has 1 aromatic rings. The summed E-state index contributed by atoms with van der Waals surface area (Å²) in [5, 5.41) is 12.1. The maximum absolute atomic E-state index is 12.2. The van der Waals surface area contributed by atoms with Gasteiger partial charge >= 0.3 is 0 Å². The Morgan fingerprint density at radius 1 is 1.36 bits per heavy atom. The first-order valence-electron chi connectivity index (χ1n) is 8.59. The van der Waals surface area contributed by atoms with Crippen LogP contribution in [0.4, 0.5) is 0 Å². The fourth-order valence-electron chi connectivity index (χ4n) is 2.58. The molecule has 2 rings (SSSR count). The summed E-state index contributed by atoms with van der Waals surface area (Å²) in [5.41, 5.74) is 0.750. The first kappa shape index (κ1) is 18.8. The van der Waals surface area contributed by atoms with Crippen molar-refractivity contribution >= 4 is 12.0 Å². The molecule has 0 radical (unpaired) electrons. The van der Waals surface area contributed by atoms with Crippen LogP contribution in [0.25, 0.3) is 6.08 Å². The second-order valence-electron chi connectivity index (χ2n) is 5.59. The number of nitrogens with one attached hydrogen (secondary N) is 1. The Kier molecular flexibility index (Phi) is 7.30. The van der Waals surface area contributed by atoms with Crippen molar-refractivity contribution in [2.45, 2.75) is 32.8 Å². The van der Waals surface area contributed by atoms with E-state index in [9.17, 15) is 10.1 Å².